The van der Waals surface area contributed by atoms with Crippen LogP contribution in [0.4, 0.5) is 13.2 Å². The second-order valence-electron chi connectivity index (χ2n) is 6.94. The van der Waals surface area contributed by atoms with Crippen molar-refractivity contribution >= 4 is 16.0 Å². The molecule has 0 aromatic carbocycles. The van der Waals surface area contributed by atoms with E-state index in [0.29, 0.717) is 5.57 Å². The number of aliphatic carboxylic acids is 1. The van der Waals surface area contributed by atoms with Gasteiger partial charge in [0.05, 0.1) is 11.5 Å². The van der Waals surface area contributed by atoms with Crippen LogP contribution in [0.5, 0.6) is 0 Å². The van der Waals surface area contributed by atoms with E-state index in [-0.39, 0.29) is 4.31 Å². The van der Waals surface area contributed by atoms with Crippen molar-refractivity contribution in [2.24, 2.45) is 10.8 Å². The van der Waals surface area contributed by atoms with Gasteiger partial charge in [0.25, 0.3) is 0 Å². The molecule has 5 nitrogen and oxygen atoms in total. The summed E-state index contributed by atoms with van der Waals surface area (Å²) in [4.78, 5) is 11.4. The first kappa shape index (κ1) is 19.5. The summed E-state index contributed by atoms with van der Waals surface area (Å²) in [5.74, 6) is -1.40. The first-order valence-corrected chi connectivity index (χ1v) is 8.20. The minimum Gasteiger partial charge on any atom is -0.481 e. The van der Waals surface area contributed by atoms with Gasteiger partial charge in [-0.2, -0.15) is 21.6 Å². The minimum atomic E-state index is -5.70. The highest BCUT2D eigenvalue weighted by molar-refractivity contribution is 7.90. The quantitative estimate of drug-likeness (QED) is 0.844. The van der Waals surface area contributed by atoms with Crippen LogP contribution in [0.15, 0.2) is 23.9 Å². The average molecular weight is 355 g/mol. The molecule has 0 amide bonds. The van der Waals surface area contributed by atoms with Gasteiger partial charge in [-0.05, 0) is 30.9 Å². The van der Waals surface area contributed by atoms with E-state index >= 15 is 0 Å². The van der Waals surface area contributed by atoms with Gasteiger partial charge in [0.15, 0.2) is 0 Å². The first-order valence-electron chi connectivity index (χ1n) is 6.76. The number of hydrogen-bond donors (Lipinski definition) is 1. The number of carboxylic acid groups (broad SMARTS) is 1. The predicted octanol–water partition coefficient (Wildman–Crippen LogP) is 3.12. The topological polar surface area (TPSA) is 74.7 Å². The van der Waals surface area contributed by atoms with Gasteiger partial charge in [0.2, 0.25) is 0 Å². The van der Waals surface area contributed by atoms with Crippen LogP contribution in [0.25, 0.3) is 0 Å². The van der Waals surface area contributed by atoms with Crippen molar-refractivity contribution in [3.05, 3.63) is 23.9 Å². The molecule has 9 heteroatoms. The average Bonchev–Trinajstić information content (AvgIpc) is 2.35. The molecule has 1 rings (SSSR count). The van der Waals surface area contributed by atoms with Gasteiger partial charge in [-0.25, -0.2) is 0 Å². The number of alkyl halides is 3. The summed E-state index contributed by atoms with van der Waals surface area (Å²) in [5.41, 5.74) is -7.18. The highest BCUT2D eigenvalue weighted by atomic mass is 32.2. The molecule has 0 spiro atoms. The monoisotopic (exact) mass is 355 g/mol. The van der Waals surface area contributed by atoms with Crippen LogP contribution in [0, 0.1) is 10.8 Å². The van der Waals surface area contributed by atoms with E-state index in [2.05, 4.69) is 0 Å². The van der Waals surface area contributed by atoms with Gasteiger partial charge < -0.3 is 5.11 Å². The highest BCUT2D eigenvalue weighted by Gasteiger charge is 2.54. The molecule has 132 valence electrons. The lowest BCUT2D eigenvalue weighted by atomic mass is 9.78. The second kappa shape index (κ2) is 5.54. The zero-order valence-electron chi connectivity index (χ0n) is 13.5. The summed E-state index contributed by atoms with van der Waals surface area (Å²) in [6, 6.07) is -1.49. The molecule has 23 heavy (non-hydrogen) atoms. The molecule has 0 radical (unpaired) electrons. The van der Waals surface area contributed by atoms with E-state index in [1.807, 2.05) is 0 Å². The van der Waals surface area contributed by atoms with E-state index in [1.165, 1.54) is 26.0 Å². The van der Waals surface area contributed by atoms with Gasteiger partial charge in [0.1, 0.15) is 0 Å². The third kappa shape index (κ3) is 3.54. The summed E-state index contributed by atoms with van der Waals surface area (Å²) in [6.45, 7) is 7.76. The summed E-state index contributed by atoms with van der Waals surface area (Å²) < 4.78 is 62.3. The fraction of sp³-hybridized carbons (Fsp3) is 0.643. The Balaban J connectivity index is 3.54. The Morgan fingerprint density at radius 1 is 1.17 bits per heavy atom. The Bertz CT molecular complexity index is 654. The summed E-state index contributed by atoms with van der Waals surface area (Å²) in [5, 5.41) is 9.31. The molecule has 0 aromatic rings. The maximum atomic E-state index is 12.9. The number of rotatable bonds is 3. The maximum Gasteiger partial charge on any atom is 0.516 e. The molecule has 0 aromatic heterocycles. The number of nitrogens with zero attached hydrogens (tertiary/aromatic N) is 1. The predicted molar refractivity (Wildman–Crippen MR) is 78.7 cm³/mol. The molecule has 0 saturated heterocycles. The lowest BCUT2D eigenvalue weighted by Gasteiger charge is -2.40. The second-order valence-corrected chi connectivity index (χ2v) is 8.77. The van der Waals surface area contributed by atoms with E-state index in [0.717, 1.165) is 6.20 Å². The third-order valence-corrected chi connectivity index (χ3v) is 5.23. The van der Waals surface area contributed by atoms with Crippen LogP contribution < -0.4 is 0 Å². The van der Waals surface area contributed by atoms with Gasteiger partial charge in [-0.1, -0.05) is 26.8 Å². The molecule has 1 heterocycles. The van der Waals surface area contributed by atoms with E-state index in [9.17, 15) is 31.5 Å². The van der Waals surface area contributed by atoms with Crippen LogP contribution in [-0.2, 0) is 14.8 Å². The molecule has 0 bridgehead atoms. The molecular weight excluding hydrogens is 335 g/mol. The van der Waals surface area contributed by atoms with Crippen molar-refractivity contribution in [2.75, 3.05) is 0 Å². The summed E-state index contributed by atoms with van der Waals surface area (Å²) in [6.07, 6.45) is 3.33. The first-order chi connectivity index (χ1) is 10.0. The summed E-state index contributed by atoms with van der Waals surface area (Å²) >= 11 is 0. The molecular formula is C14H20F3NO4S. The van der Waals surface area contributed by atoms with Gasteiger partial charge >= 0.3 is 21.5 Å². The smallest absolute Gasteiger partial charge is 0.481 e. The van der Waals surface area contributed by atoms with Crippen molar-refractivity contribution in [1.29, 1.82) is 0 Å². The van der Waals surface area contributed by atoms with E-state index < -0.39 is 38.4 Å². The highest BCUT2D eigenvalue weighted by Crippen LogP contribution is 2.40. The lowest BCUT2D eigenvalue weighted by Crippen LogP contribution is -2.52. The molecule has 0 saturated carbocycles. The Labute approximate surface area is 133 Å². The zero-order valence-corrected chi connectivity index (χ0v) is 14.3. The van der Waals surface area contributed by atoms with Crippen molar-refractivity contribution in [3.8, 4) is 0 Å². The SMILES string of the molecule is CC(C)(C)C1=CC(C(C)(C)C(=O)O)N(S(=O)(=O)C(F)(F)F)C=C1. The molecule has 1 unspecified atom stereocenters. The van der Waals surface area contributed by atoms with Crippen LogP contribution in [-0.4, -0.2) is 35.3 Å². The van der Waals surface area contributed by atoms with E-state index in [4.69, 9.17) is 0 Å². The molecule has 1 aliphatic heterocycles. The van der Waals surface area contributed by atoms with Crippen molar-refractivity contribution in [2.45, 2.75) is 46.2 Å². The molecule has 0 aliphatic carbocycles. The van der Waals surface area contributed by atoms with Crippen LogP contribution in [0.2, 0.25) is 0 Å². The Morgan fingerprint density at radius 2 is 1.65 bits per heavy atom. The molecule has 1 aliphatic rings. The lowest BCUT2D eigenvalue weighted by molar-refractivity contribution is -0.148. The Kier molecular flexibility index (Phi) is 4.70. The minimum absolute atomic E-state index is 0.0797. The summed E-state index contributed by atoms with van der Waals surface area (Å²) in [7, 11) is -5.70. The number of hydrogen-bond acceptors (Lipinski definition) is 3. The number of halogens is 3. The molecule has 1 atom stereocenters. The van der Waals surface area contributed by atoms with Crippen molar-refractivity contribution in [3.63, 3.8) is 0 Å². The molecule has 1 N–H and O–H groups in total. The van der Waals surface area contributed by atoms with Gasteiger partial charge in [0, 0.05) is 6.20 Å². The van der Waals surface area contributed by atoms with Gasteiger partial charge in [-0.3, -0.25) is 9.10 Å². The van der Waals surface area contributed by atoms with E-state index in [1.54, 1.807) is 20.8 Å². The number of allylic oxidation sites excluding steroid dienone is 2. The number of carboxylic acids is 1. The van der Waals surface area contributed by atoms with Crippen LogP contribution >= 0.6 is 0 Å². The maximum absolute atomic E-state index is 12.9. The number of sulfonamides is 1. The largest absolute Gasteiger partial charge is 0.516 e. The Hall–Kier alpha value is -1.51. The normalized spacial score (nSPS) is 20.4. The fourth-order valence-corrected chi connectivity index (χ4v) is 3.13. The Morgan fingerprint density at radius 3 is 2.00 bits per heavy atom. The third-order valence-electron chi connectivity index (χ3n) is 3.74. The fourth-order valence-electron chi connectivity index (χ4n) is 2.05. The van der Waals surface area contributed by atoms with Crippen molar-refractivity contribution < 1.29 is 31.5 Å². The number of carbonyl (C=O) groups is 1. The molecule has 0 fully saturated rings. The van der Waals surface area contributed by atoms with Crippen LogP contribution in [0.3, 0.4) is 0 Å². The van der Waals surface area contributed by atoms with Crippen LogP contribution in [0.1, 0.15) is 34.6 Å². The zero-order chi connectivity index (χ0) is 18.4. The van der Waals surface area contributed by atoms with Crippen molar-refractivity contribution in [1.82, 2.24) is 4.31 Å². The standard InChI is InChI=1S/C14H20F3NO4S/c1-12(2,3)9-6-7-18(23(21,22)14(15,16)17)10(8-9)13(4,5)11(19)20/h6-8,10H,1-5H3,(H,19,20). The van der Waals surface area contributed by atoms with Gasteiger partial charge in [-0.15, -0.1) is 0 Å².